The van der Waals surface area contributed by atoms with E-state index in [1.807, 2.05) is 42.5 Å². The van der Waals surface area contributed by atoms with Crippen molar-refractivity contribution in [3.8, 4) is 0 Å². The molecule has 1 aliphatic rings. The lowest BCUT2D eigenvalue weighted by Crippen LogP contribution is -2.46. The standard InChI is InChI=1S/C24H27N3O/c1-3-26-12-14-27(15-13-26)22-10-11-23(18(2)16-22)25-24(28)21-9-8-19-6-4-5-7-20(19)17-21/h4-11,16-17H,3,12-15H2,1-2H3,(H,25,28). The average Bonchev–Trinajstić information content (AvgIpc) is 2.74. The van der Waals surface area contributed by atoms with Crippen molar-refractivity contribution in [2.24, 2.45) is 0 Å². The minimum Gasteiger partial charge on any atom is -0.369 e. The van der Waals surface area contributed by atoms with Gasteiger partial charge in [0, 0.05) is 43.1 Å². The van der Waals surface area contributed by atoms with Gasteiger partial charge in [-0.1, -0.05) is 37.3 Å². The molecular formula is C24H27N3O. The number of amides is 1. The van der Waals surface area contributed by atoms with Gasteiger partial charge in [-0.2, -0.15) is 0 Å². The number of carbonyl (C=O) groups is 1. The Balaban J connectivity index is 1.47. The van der Waals surface area contributed by atoms with Crippen LogP contribution in [0.1, 0.15) is 22.8 Å². The summed E-state index contributed by atoms with van der Waals surface area (Å²) < 4.78 is 0. The maximum Gasteiger partial charge on any atom is 0.255 e. The molecule has 3 aromatic carbocycles. The molecule has 4 heteroatoms. The molecule has 0 unspecified atom stereocenters. The Morgan fingerprint density at radius 1 is 0.929 bits per heavy atom. The molecule has 1 fully saturated rings. The molecule has 1 N–H and O–H groups in total. The van der Waals surface area contributed by atoms with E-state index in [1.54, 1.807) is 0 Å². The lowest BCUT2D eigenvalue weighted by molar-refractivity contribution is 0.102. The van der Waals surface area contributed by atoms with E-state index in [2.05, 4.69) is 47.2 Å². The molecule has 1 aliphatic heterocycles. The second kappa shape index (κ2) is 8.03. The maximum atomic E-state index is 12.7. The molecule has 0 atom stereocenters. The second-order valence-electron chi connectivity index (χ2n) is 7.44. The normalized spacial score (nSPS) is 15.0. The molecule has 4 nitrogen and oxygen atoms in total. The average molecular weight is 374 g/mol. The van der Waals surface area contributed by atoms with E-state index in [1.165, 1.54) is 5.69 Å². The highest BCUT2D eigenvalue weighted by atomic mass is 16.1. The monoisotopic (exact) mass is 373 g/mol. The van der Waals surface area contributed by atoms with Crippen molar-refractivity contribution in [3.05, 3.63) is 71.8 Å². The van der Waals surface area contributed by atoms with Crippen molar-refractivity contribution in [1.82, 2.24) is 4.90 Å². The second-order valence-corrected chi connectivity index (χ2v) is 7.44. The van der Waals surface area contributed by atoms with Crippen molar-refractivity contribution in [2.75, 3.05) is 42.9 Å². The number of nitrogens with zero attached hydrogens (tertiary/aromatic N) is 2. The summed E-state index contributed by atoms with van der Waals surface area (Å²) in [6.07, 6.45) is 0. The van der Waals surface area contributed by atoms with E-state index in [9.17, 15) is 4.79 Å². The van der Waals surface area contributed by atoms with E-state index < -0.39 is 0 Å². The van der Waals surface area contributed by atoms with E-state index in [0.29, 0.717) is 5.56 Å². The van der Waals surface area contributed by atoms with Crippen molar-refractivity contribution < 1.29 is 4.79 Å². The Labute approximate surface area is 166 Å². The van der Waals surface area contributed by atoms with Gasteiger partial charge in [-0.05, 0) is 60.1 Å². The predicted octanol–water partition coefficient (Wildman–Crippen LogP) is 4.54. The number of hydrogen-bond acceptors (Lipinski definition) is 3. The van der Waals surface area contributed by atoms with Gasteiger partial charge in [0.05, 0.1) is 0 Å². The molecule has 1 saturated heterocycles. The highest BCUT2D eigenvalue weighted by Gasteiger charge is 2.17. The van der Waals surface area contributed by atoms with Crippen LogP contribution in [0.3, 0.4) is 0 Å². The van der Waals surface area contributed by atoms with Crippen LogP contribution in [0.2, 0.25) is 0 Å². The van der Waals surface area contributed by atoms with Crippen LogP contribution in [-0.4, -0.2) is 43.5 Å². The third kappa shape index (κ3) is 3.87. The SMILES string of the molecule is CCN1CCN(c2ccc(NC(=O)c3ccc4ccccc4c3)c(C)c2)CC1. The first-order valence-electron chi connectivity index (χ1n) is 10.0. The number of piperazine rings is 1. The summed E-state index contributed by atoms with van der Waals surface area (Å²) >= 11 is 0. The van der Waals surface area contributed by atoms with E-state index in [4.69, 9.17) is 0 Å². The Kier molecular flexibility index (Phi) is 5.31. The van der Waals surface area contributed by atoms with Gasteiger partial charge in [-0.25, -0.2) is 0 Å². The van der Waals surface area contributed by atoms with Gasteiger partial charge in [0.1, 0.15) is 0 Å². The topological polar surface area (TPSA) is 35.6 Å². The minimum absolute atomic E-state index is 0.0711. The zero-order chi connectivity index (χ0) is 19.5. The minimum atomic E-state index is -0.0711. The first-order chi connectivity index (χ1) is 13.6. The first kappa shape index (κ1) is 18.5. The summed E-state index contributed by atoms with van der Waals surface area (Å²) in [5.74, 6) is -0.0711. The smallest absolute Gasteiger partial charge is 0.255 e. The lowest BCUT2D eigenvalue weighted by Gasteiger charge is -2.35. The van der Waals surface area contributed by atoms with Gasteiger partial charge >= 0.3 is 0 Å². The van der Waals surface area contributed by atoms with E-state index in [-0.39, 0.29) is 5.91 Å². The van der Waals surface area contributed by atoms with Crippen LogP contribution in [0, 0.1) is 6.92 Å². The highest BCUT2D eigenvalue weighted by Crippen LogP contribution is 2.25. The molecule has 0 aliphatic carbocycles. The number of hydrogen-bond donors (Lipinski definition) is 1. The van der Waals surface area contributed by atoms with Crippen molar-refractivity contribution in [3.63, 3.8) is 0 Å². The van der Waals surface area contributed by atoms with Crippen LogP contribution in [0.4, 0.5) is 11.4 Å². The third-order valence-electron chi connectivity index (χ3n) is 5.65. The molecule has 1 heterocycles. The van der Waals surface area contributed by atoms with Gasteiger partial charge in [0.25, 0.3) is 5.91 Å². The summed E-state index contributed by atoms with van der Waals surface area (Å²) in [7, 11) is 0. The van der Waals surface area contributed by atoms with E-state index in [0.717, 1.165) is 54.7 Å². The van der Waals surface area contributed by atoms with Crippen LogP contribution in [-0.2, 0) is 0 Å². The zero-order valence-electron chi connectivity index (χ0n) is 16.6. The predicted molar refractivity (Wildman–Crippen MR) is 117 cm³/mol. The summed E-state index contributed by atoms with van der Waals surface area (Å²) in [5, 5.41) is 5.29. The van der Waals surface area contributed by atoms with Gasteiger partial charge in [0.2, 0.25) is 0 Å². The number of carbonyl (C=O) groups excluding carboxylic acids is 1. The Bertz CT molecular complexity index is 990. The number of anilines is 2. The third-order valence-corrected chi connectivity index (χ3v) is 5.65. The van der Waals surface area contributed by atoms with E-state index >= 15 is 0 Å². The fourth-order valence-corrected chi connectivity index (χ4v) is 3.83. The van der Waals surface area contributed by atoms with Crippen LogP contribution < -0.4 is 10.2 Å². The molecule has 1 amide bonds. The maximum absolute atomic E-state index is 12.7. The number of rotatable bonds is 4. The van der Waals surface area contributed by atoms with Gasteiger partial charge < -0.3 is 15.1 Å². The number of likely N-dealkylation sites (N-methyl/N-ethyl adjacent to an activating group) is 1. The molecule has 28 heavy (non-hydrogen) atoms. The van der Waals surface area contributed by atoms with Gasteiger partial charge in [0.15, 0.2) is 0 Å². The van der Waals surface area contributed by atoms with Gasteiger partial charge in [-0.3, -0.25) is 4.79 Å². The van der Waals surface area contributed by atoms with Crippen molar-refractivity contribution in [1.29, 1.82) is 0 Å². The van der Waals surface area contributed by atoms with Crippen LogP contribution >= 0.6 is 0 Å². The molecule has 3 aromatic rings. The molecule has 4 rings (SSSR count). The number of benzene rings is 3. The number of fused-ring (bicyclic) bond motifs is 1. The van der Waals surface area contributed by atoms with Crippen LogP contribution in [0.15, 0.2) is 60.7 Å². The molecule has 0 saturated carbocycles. The summed E-state index contributed by atoms with van der Waals surface area (Å²) in [5.41, 5.74) is 3.87. The number of nitrogens with one attached hydrogen (secondary N) is 1. The molecule has 0 spiro atoms. The molecule has 0 aromatic heterocycles. The van der Waals surface area contributed by atoms with Crippen molar-refractivity contribution >= 4 is 28.1 Å². The largest absolute Gasteiger partial charge is 0.369 e. The van der Waals surface area contributed by atoms with Gasteiger partial charge in [-0.15, -0.1) is 0 Å². The quantitative estimate of drug-likeness (QED) is 0.729. The van der Waals surface area contributed by atoms with Crippen LogP contribution in [0.25, 0.3) is 10.8 Å². The van der Waals surface area contributed by atoms with Crippen molar-refractivity contribution in [2.45, 2.75) is 13.8 Å². The highest BCUT2D eigenvalue weighted by molar-refractivity contribution is 6.06. The fraction of sp³-hybridized carbons (Fsp3) is 0.292. The molecule has 0 bridgehead atoms. The summed E-state index contributed by atoms with van der Waals surface area (Å²) in [6.45, 7) is 9.71. The Morgan fingerprint density at radius 2 is 1.68 bits per heavy atom. The first-order valence-corrected chi connectivity index (χ1v) is 10.0. The number of aryl methyl sites for hydroxylation is 1. The molecular weight excluding hydrogens is 346 g/mol. The Morgan fingerprint density at radius 3 is 2.39 bits per heavy atom. The summed E-state index contributed by atoms with van der Waals surface area (Å²) in [4.78, 5) is 17.6. The molecule has 144 valence electrons. The zero-order valence-corrected chi connectivity index (χ0v) is 16.6. The summed E-state index contributed by atoms with van der Waals surface area (Å²) in [6, 6.07) is 20.2. The Hall–Kier alpha value is -2.85. The van der Waals surface area contributed by atoms with Crippen LogP contribution in [0.5, 0.6) is 0 Å². The fourth-order valence-electron chi connectivity index (χ4n) is 3.83. The molecule has 0 radical (unpaired) electrons. The lowest BCUT2D eigenvalue weighted by atomic mass is 10.1.